The average Bonchev–Trinajstić information content (AvgIpc) is 3.12. The summed E-state index contributed by atoms with van der Waals surface area (Å²) in [7, 11) is 0. The van der Waals surface area contributed by atoms with Gasteiger partial charge >= 0.3 is 0 Å². The second-order valence-electron chi connectivity index (χ2n) is 7.10. The zero-order chi connectivity index (χ0) is 19.1. The van der Waals surface area contributed by atoms with Crippen molar-refractivity contribution < 1.29 is 4.79 Å². The van der Waals surface area contributed by atoms with Gasteiger partial charge in [-0.3, -0.25) is 4.79 Å². The maximum absolute atomic E-state index is 13.5. The Hall–Kier alpha value is -2.85. The van der Waals surface area contributed by atoms with Crippen LogP contribution < -0.4 is 0 Å². The molecule has 2 heterocycles. The Labute approximate surface area is 172 Å². The van der Waals surface area contributed by atoms with Gasteiger partial charge in [0.25, 0.3) is 5.91 Å². The van der Waals surface area contributed by atoms with E-state index in [1.807, 2.05) is 53.4 Å². The Morgan fingerprint density at radius 1 is 0.929 bits per heavy atom. The first-order chi connectivity index (χ1) is 13.7. The molecule has 4 heteroatoms. The molecule has 1 aromatic heterocycles. The number of para-hydroxylation sites is 1. The molecule has 28 heavy (non-hydrogen) atoms. The largest absolute Gasteiger partial charge is 0.356 e. The van der Waals surface area contributed by atoms with Crippen molar-refractivity contribution in [3.8, 4) is 0 Å². The zero-order valence-corrected chi connectivity index (χ0v) is 16.8. The topological polar surface area (TPSA) is 36.1 Å². The van der Waals surface area contributed by atoms with E-state index in [0.29, 0.717) is 12.1 Å². The summed E-state index contributed by atoms with van der Waals surface area (Å²) < 4.78 is 0.828. The van der Waals surface area contributed by atoms with Gasteiger partial charge in [-0.2, -0.15) is 0 Å². The maximum Gasteiger partial charge on any atom is 0.255 e. The highest BCUT2D eigenvalue weighted by atomic mass is 79.9. The molecular weight excluding hydrogens is 412 g/mol. The smallest absolute Gasteiger partial charge is 0.255 e. The van der Waals surface area contributed by atoms with Crippen LogP contribution in [0.15, 0.2) is 83.3 Å². The molecule has 0 spiro atoms. The van der Waals surface area contributed by atoms with E-state index in [4.69, 9.17) is 0 Å². The SMILES string of the molecule is O=C(c1ccccc1Br)N1CCc2c([nH]c3ccccc23)C1c1ccccc1. The van der Waals surface area contributed by atoms with Gasteiger partial charge in [0.2, 0.25) is 0 Å². The first kappa shape index (κ1) is 17.3. The third-order valence-electron chi connectivity index (χ3n) is 5.51. The molecule has 1 aliphatic heterocycles. The molecule has 0 aliphatic carbocycles. The highest BCUT2D eigenvalue weighted by molar-refractivity contribution is 9.10. The standard InChI is InChI=1S/C24H19BrN2O/c25-20-12-6-4-11-19(20)24(28)27-15-14-18-17-10-5-7-13-21(17)26-22(18)23(27)16-8-2-1-3-9-16/h1-13,23,26H,14-15H2. The first-order valence-electron chi connectivity index (χ1n) is 9.44. The minimum absolute atomic E-state index is 0.0469. The van der Waals surface area contributed by atoms with Crippen LogP contribution in [0.25, 0.3) is 10.9 Å². The second-order valence-corrected chi connectivity index (χ2v) is 7.96. The molecule has 4 aromatic rings. The summed E-state index contributed by atoms with van der Waals surface area (Å²) in [5.74, 6) is 0.0469. The fraction of sp³-hybridized carbons (Fsp3) is 0.125. The number of hydrogen-bond acceptors (Lipinski definition) is 1. The van der Waals surface area contributed by atoms with Crippen LogP contribution in [0.4, 0.5) is 0 Å². The van der Waals surface area contributed by atoms with Crippen molar-refractivity contribution in [2.75, 3.05) is 6.54 Å². The highest BCUT2D eigenvalue weighted by Gasteiger charge is 2.35. The minimum Gasteiger partial charge on any atom is -0.356 e. The van der Waals surface area contributed by atoms with E-state index in [-0.39, 0.29) is 11.9 Å². The van der Waals surface area contributed by atoms with Crippen LogP contribution >= 0.6 is 15.9 Å². The van der Waals surface area contributed by atoms with Gasteiger partial charge in [0.15, 0.2) is 0 Å². The average molecular weight is 431 g/mol. The summed E-state index contributed by atoms with van der Waals surface area (Å²) in [4.78, 5) is 19.1. The first-order valence-corrected chi connectivity index (χ1v) is 10.2. The van der Waals surface area contributed by atoms with Crippen LogP contribution in [-0.4, -0.2) is 22.3 Å². The number of halogens is 1. The van der Waals surface area contributed by atoms with E-state index in [2.05, 4.69) is 51.2 Å². The lowest BCUT2D eigenvalue weighted by atomic mass is 9.91. The van der Waals surface area contributed by atoms with Crippen LogP contribution in [-0.2, 0) is 6.42 Å². The van der Waals surface area contributed by atoms with Gasteiger partial charge in [-0.15, -0.1) is 0 Å². The molecule has 1 aliphatic rings. The Kier molecular flexibility index (Phi) is 4.29. The van der Waals surface area contributed by atoms with E-state index in [9.17, 15) is 4.79 Å². The van der Waals surface area contributed by atoms with Crippen LogP contribution in [0.2, 0.25) is 0 Å². The minimum atomic E-state index is -0.128. The van der Waals surface area contributed by atoms with Gasteiger partial charge in [0, 0.05) is 27.6 Å². The van der Waals surface area contributed by atoms with Gasteiger partial charge in [0.05, 0.1) is 11.6 Å². The molecule has 0 radical (unpaired) electrons. The molecule has 0 saturated carbocycles. The quantitative estimate of drug-likeness (QED) is 0.433. The number of benzene rings is 3. The van der Waals surface area contributed by atoms with Crippen molar-refractivity contribution in [3.63, 3.8) is 0 Å². The molecule has 5 rings (SSSR count). The Balaban J connectivity index is 1.68. The number of rotatable bonds is 2. The van der Waals surface area contributed by atoms with E-state index in [1.54, 1.807) is 0 Å². The third kappa shape index (κ3) is 2.76. The van der Waals surface area contributed by atoms with Gasteiger partial charge in [-0.05, 0) is 51.7 Å². The maximum atomic E-state index is 13.5. The Bertz CT molecular complexity index is 1170. The molecular formula is C24H19BrN2O. The zero-order valence-electron chi connectivity index (χ0n) is 15.2. The molecule has 1 N–H and O–H groups in total. The molecule has 1 unspecified atom stereocenters. The predicted molar refractivity (Wildman–Crippen MR) is 115 cm³/mol. The summed E-state index contributed by atoms with van der Waals surface area (Å²) in [6.07, 6.45) is 0.846. The van der Waals surface area contributed by atoms with E-state index in [0.717, 1.165) is 27.7 Å². The number of nitrogens with zero attached hydrogens (tertiary/aromatic N) is 1. The lowest BCUT2D eigenvalue weighted by Gasteiger charge is -2.36. The van der Waals surface area contributed by atoms with Crippen LogP contribution in [0.5, 0.6) is 0 Å². The molecule has 3 aromatic carbocycles. The molecule has 138 valence electrons. The van der Waals surface area contributed by atoms with Crippen LogP contribution in [0, 0.1) is 0 Å². The summed E-state index contributed by atoms with van der Waals surface area (Å²) in [6.45, 7) is 0.689. The third-order valence-corrected chi connectivity index (χ3v) is 6.21. The normalized spacial score (nSPS) is 16.2. The van der Waals surface area contributed by atoms with Crippen LogP contribution in [0.3, 0.4) is 0 Å². The number of carbonyl (C=O) groups is 1. The lowest BCUT2D eigenvalue weighted by Crippen LogP contribution is -2.40. The van der Waals surface area contributed by atoms with Crippen molar-refractivity contribution in [2.24, 2.45) is 0 Å². The number of carbonyl (C=O) groups excluding carboxylic acids is 1. The van der Waals surface area contributed by atoms with Crippen molar-refractivity contribution >= 4 is 32.7 Å². The molecule has 1 atom stereocenters. The second kappa shape index (κ2) is 6.95. The van der Waals surface area contributed by atoms with Crippen molar-refractivity contribution in [3.05, 3.63) is 106 Å². The number of aromatic nitrogens is 1. The number of H-pyrrole nitrogens is 1. The van der Waals surface area contributed by atoms with Crippen LogP contribution in [0.1, 0.15) is 33.2 Å². The summed E-state index contributed by atoms with van der Waals surface area (Å²) in [6, 6.07) is 26.2. The van der Waals surface area contributed by atoms with E-state index < -0.39 is 0 Å². The highest BCUT2D eigenvalue weighted by Crippen LogP contribution is 2.39. The lowest BCUT2D eigenvalue weighted by molar-refractivity contribution is 0.0691. The van der Waals surface area contributed by atoms with Crippen molar-refractivity contribution in [1.29, 1.82) is 0 Å². The fourth-order valence-electron chi connectivity index (χ4n) is 4.23. The van der Waals surface area contributed by atoms with E-state index >= 15 is 0 Å². The van der Waals surface area contributed by atoms with Gasteiger partial charge in [0.1, 0.15) is 0 Å². The van der Waals surface area contributed by atoms with Crippen molar-refractivity contribution in [1.82, 2.24) is 9.88 Å². The molecule has 3 nitrogen and oxygen atoms in total. The molecule has 0 saturated heterocycles. The predicted octanol–water partition coefficient (Wildman–Crippen LogP) is 5.72. The Morgan fingerprint density at radius 2 is 1.64 bits per heavy atom. The number of amides is 1. The number of nitrogens with one attached hydrogen (secondary N) is 1. The fourth-order valence-corrected chi connectivity index (χ4v) is 4.69. The summed E-state index contributed by atoms with van der Waals surface area (Å²) >= 11 is 3.54. The molecule has 0 fully saturated rings. The number of hydrogen-bond donors (Lipinski definition) is 1. The van der Waals surface area contributed by atoms with Gasteiger partial charge in [-0.25, -0.2) is 0 Å². The number of aromatic amines is 1. The molecule has 0 bridgehead atoms. The monoisotopic (exact) mass is 430 g/mol. The molecule has 1 amide bonds. The van der Waals surface area contributed by atoms with Crippen molar-refractivity contribution in [2.45, 2.75) is 12.5 Å². The Morgan fingerprint density at radius 3 is 2.46 bits per heavy atom. The number of fused-ring (bicyclic) bond motifs is 3. The summed E-state index contributed by atoms with van der Waals surface area (Å²) in [5.41, 5.74) is 5.39. The van der Waals surface area contributed by atoms with Gasteiger partial charge < -0.3 is 9.88 Å². The van der Waals surface area contributed by atoms with Gasteiger partial charge in [-0.1, -0.05) is 60.7 Å². The van der Waals surface area contributed by atoms with E-state index in [1.165, 1.54) is 10.9 Å². The summed E-state index contributed by atoms with van der Waals surface area (Å²) in [5, 5.41) is 1.26.